The molecular formula is C16H14ClN3O4. The highest BCUT2D eigenvalue weighted by Gasteiger charge is 2.16. The Balaban J connectivity index is 1.87. The van der Waals surface area contributed by atoms with Gasteiger partial charge in [-0.1, -0.05) is 41.9 Å². The monoisotopic (exact) mass is 347 g/mol. The smallest absolute Gasteiger partial charge is 0.288 e. The minimum atomic E-state index is -0.675. The first kappa shape index (κ1) is 17.4. The van der Waals surface area contributed by atoms with E-state index in [0.29, 0.717) is 6.54 Å². The molecule has 0 aromatic heterocycles. The summed E-state index contributed by atoms with van der Waals surface area (Å²) in [7, 11) is 0. The Morgan fingerprint density at radius 3 is 2.46 bits per heavy atom. The Morgan fingerprint density at radius 2 is 1.79 bits per heavy atom. The number of hydrogen-bond acceptors (Lipinski definition) is 4. The number of hydrogen-bond donors (Lipinski definition) is 2. The molecule has 0 radical (unpaired) electrons. The Morgan fingerprint density at radius 1 is 1.08 bits per heavy atom. The molecular weight excluding hydrogens is 334 g/mol. The van der Waals surface area contributed by atoms with Gasteiger partial charge in [0.2, 0.25) is 5.91 Å². The van der Waals surface area contributed by atoms with Crippen LogP contribution in [-0.4, -0.2) is 23.3 Å². The van der Waals surface area contributed by atoms with E-state index in [2.05, 4.69) is 10.6 Å². The van der Waals surface area contributed by atoms with Gasteiger partial charge in [-0.25, -0.2) is 0 Å². The summed E-state index contributed by atoms with van der Waals surface area (Å²) >= 11 is 5.69. The third-order valence-electron chi connectivity index (χ3n) is 3.15. The van der Waals surface area contributed by atoms with Gasteiger partial charge in [-0.2, -0.15) is 0 Å². The average molecular weight is 348 g/mol. The van der Waals surface area contributed by atoms with E-state index in [-0.39, 0.29) is 28.7 Å². The average Bonchev–Trinajstić information content (AvgIpc) is 2.59. The zero-order valence-corrected chi connectivity index (χ0v) is 13.2. The Labute approximate surface area is 142 Å². The lowest BCUT2D eigenvalue weighted by atomic mass is 10.2. The molecule has 0 aliphatic carbocycles. The van der Waals surface area contributed by atoms with E-state index in [1.807, 2.05) is 30.3 Å². The van der Waals surface area contributed by atoms with Crippen molar-refractivity contribution in [2.45, 2.75) is 6.54 Å². The molecule has 0 saturated heterocycles. The van der Waals surface area contributed by atoms with Crippen LogP contribution >= 0.6 is 11.6 Å². The van der Waals surface area contributed by atoms with Gasteiger partial charge in [0.05, 0.1) is 11.5 Å². The second-order valence-electron chi connectivity index (χ2n) is 4.87. The van der Waals surface area contributed by atoms with Crippen LogP contribution in [0.5, 0.6) is 0 Å². The van der Waals surface area contributed by atoms with E-state index in [4.69, 9.17) is 11.6 Å². The predicted molar refractivity (Wildman–Crippen MR) is 88.7 cm³/mol. The van der Waals surface area contributed by atoms with Crippen LogP contribution in [-0.2, 0) is 11.3 Å². The van der Waals surface area contributed by atoms with Crippen LogP contribution < -0.4 is 10.6 Å². The minimum absolute atomic E-state index is 0.0574. The van der Waals surface area contributed by atoms with Gasteiger partial charge in [0.25, 0.3) is 11.6 Å². The Kier molecular flexibility index (Phi) is 5.86. The number of nitro benzene ring substituents is 1. The lowest BCUT2D eigenvalue weighted by Gasteiger charge is -2.07. The van der Waals surface area contributed by atoms with Crippen molar-refractivity contribution in [3.8, 4) is 0 Å². The molecule has 2 aromatic carbocycles. The zero-order valence-electron chi connectivity index (χ0n) is 12.5. The molecule has 0 aliphatic heterocycles. The molecule has 2 rings (SSSR count). The molecule has 2 aromatic rings. The second-order valence-corrected chi connectivity index (χ2v) is 5.28. The van der Waals surface area contributed by atoms with Gasteiger partial charge in [0.1, 0.15) is 5.02 Å². The fourth-order valence-electron chi connectivity index (χ4n) is 1.92. The van der Waals surface area contributed by atoms with Crippen LogP contribution in [0.1, 0.15) is 15.9 Å². The molecule has 2 N–H and O–H groups in total. The SMILES string of the molecule is O=C(CNC(=O)c1ccc(Cl)c([N+](=O)[O-])c1)NCc1ccccc1. The largest absolute Gasteiger partial charge is 0.350 e. The first-order valence-electron chi connectivity index (χ1n) is 7.00. The van der Waals surface area contributed by atoms with Crippen LogP contribution in [0.2, 0.25) is 5.02 Å². The lowest BCUT2D eigenvalue weighted by Crippen LogP contribution is -2.36. The summed E-state index contributed by atoms with van der Waals surface area (Å²) in [5.41, 5.74) is 0.630. The number of nitrogens with one attached hydrogen (secondary N) is 2. The second kappa shape index (κ2) is 8.07. The summed E-state index contributed by atoms with van der Waals surface area (Å²) in [6.07, 6.45) is 0. The van der Waals surface area contributed by atoms with E-state index in [0.717, 1.165) is 11.6 Å². The summed E-state index contributed by atoms with van der Waals surface area (Å²) in [4.78, 5) is 33.8. The van der Waals surface area contributed by atoms with E-state index >= 15 is 0 Å². The molecule has 0 heterocycles. The number of rotatable bonds is 6. The molecule has 24 heavy (non-hydrogen) atoms. The fourth-order valence-corrected chi connectivity index (χ4v) is 2.10. The van der Waals surface area contributed by atoms with Crippen LogP contribution in [0.15, 0.2) is 48.5 Å². The van der Waals surface area contributed by atoms with Crippen molar-refractivity contribution in [2.75, 3.05) is 6.54 Å². The Bertz CT molecular complexity index is 765. The van der Waals surface area contributed by atoms with Crippen LogP contribution in [0, 0.1) is 10.1 Å². The molecule has 124 valence electrons. The fraction of sp³-hybridized carbons (Fsp3) is 0.125. The summed E-state index contributed by atoms with van der Waals surface area (Å²) in [6.45, 7) is 0.115. The summed E-state index contributed by atoms with van der Waals surface area (Å²) in [5, 5.41) is 15.8. The molecule has 0 aliphatic rings. The number of carbonyl (C=O) groups excluding carboxylic acids is 2. The van der Waals surface area contributed by atoms with Crippen molar-refractivity contribution in [1.82, 2.24) is 10.6 Å². The van der Waals surface area contributed by atoms with Gasteiger partial charge in [-0.3, -0.25) is 19.7 Å². The molecule has 0 spiro atoms. The molecule has 0 atom stereocenters. The third-order valence-corrected chi connectivity index (χ3v) is 3.47. The number of carbonyl (C=O) groups is 2. The van der Waals surface area contributed by atoms with E-state index < -0.39 is 10.8 Å². The van der Waals surface area contributed by atoms with Crippen molar-refractivity contribution in [2.24, 2.45) is 0 Å². The van der Waals surface area contributed by atoms with Crippen molar-refractivity contribution in [3.63, 3.8) is 0 Å². The minimum Gasteiger partial charge on any atom is -0.350 e. The molecule has 2 amide bonds. The van der Waals surface area contributed by atoms with E-state index in [9.17, 15) is 19.7 Å². The van der Waals surface area contributed by atoms with Gasteiger partial charge in [-0.05, 0) is 17.7 Å². The van der Waals surface area contributed by atoms with Crippen molar-refractivity contribution in [1.29, 1.82) is 0 Å². The highest BCUT2D eigenvalue weighted by atomic mass is 35.5. The zero-order chi connectivity index (χ0) is 17.5. The molecule has 0 bridgehead atoms. The van der Waals surface area contributed by atoms with Gasteiger partial charge >= 0.3 is 0 Å². The number of nitrogens with zero attached hydrogens (tertiary/aromatic N) is 1. The van der Waals surface area contributed by atoms with E-state index in [1.54, 1.807) is 0 Å². The maximum Gasteiger partial charge on any atom is 0.288 e. The first-order chi connectivity index (χ1) is 11.5. The molecule has 7 nitrogen and oxygen atoms in total. The van der Waals surface area contributed by atoms with Crippen LogP contribution in [0.4, 0.5) is 5.69 Å². The number of halogens is 1. The highest BCUT2D eigenvalue weighted by Crippen LogP contribution is 2.24. The third kappa shape index (κ3) is 4.79. The number of benzene rings is 2. The van der Waals surface area contributed by atoms with E-state index in [1.165, 1.54) is 12.1 Å². The molecule has 0 saturated carbocycles. The standard InChI is InChI=1S/C16H14ClN3O4/c17-13-7-6-12(8-14(13)20(23)24)16(22)19-10-15(21)18-9-11-4-2-1-3-5-11/h1-8H,9-10H2,(H,18,21)(H,19,22). The molecule has 8 heteroatoms. The summed E-state index contributed by atoms with van der Waals surface area (Å²) in [5.74, 6) is -0.958. The number of nitro groups is 1. The van der Waals surface area contributed by atoms with Gasteiger partial charge < -0.3 is 10.6 Å². The van der Waals surface area contributed by atoms with Gasteiger partial charge in [0.15, 0.2) is 0 Å². The predicted octanol–water partition coefficient (Wildman–Crippen LogP) is 2.29. The Hall–Kier alpha value is -2.93. The van der Waals surface area contributed by atoms with Crippen molar-refractivity contribution >= 4 is 29.1 Å². The lowest BCUT2D eigenvalue weighted by molar-refractivity contribution is -0.384. The van der Waals surface area contributed by atoms with Gasteiger partial charge in [-0.15, -0.1) is 0 Å². The normalized spacial score (nSPS) is 10.0. The van der Waals surface area contributed by atoms with Crippen LogP contribution in [0.3, 0.4) is 0 Å². The maximum absolute atomic E-state index is 12.0. The topological polar surface area (TPSA) is 101 Å². The number of amides is 2. The quantitative estimate of drug-likeness (QED) is 0.618. The maximum atomic E-state index is 12.0. The highest BCUT2D eigenvalue weighted by molar-refractivity contribution is 6.32. The summed E-state index contributed by atoms with van der Waals surface area (Å²) in [6, 6.07) is 13.0. The molecule has 0 unspecified atom stereocenters. The van der Waals surface area contributed by atoms with Crippen molar-refractivity contribution in [3.05, 3.63) is 74.8 Å². The van der Waals surface area contributed by atoms with Crippen LogP contribution in [0.25, 0.3) is 0 Å². The first-order valence-corrected chi connectivity index (χ1v) is 7.38. The molecule has 0 fully saturated rings. The summed E-state index contributed by atoms with van der Waals surface area (Å²) < 4.78 is 0. The van der Waals surface area contributed by atoms with Crippen molar-refractivity contribution < 1.29 is 14.5 Å². The van der Waals surface area contributed by atoms with Gasteiger partial charge in [0, 0.05) is 18.2 Å².